The van der Waals surface area contributed by atoms with Gasteiger partial charge in [-0.3, -0.25) is 14.6 Å². The number of alkyl carbamates (subject to hydrolysis) is 1. The zero-order valence-electron chi connectivity index (χ0n) is 36.3. The predicted molar refractivity (Wildman–Crippen MR) is 234 cm³/mol. The molecular formula is C48H62N6O6. The van der Waals surface area contributed by atoms with Crippen molar-refractivity contribution in [3.63, 3.8) is 0 Å². The second-order valence-electron chi connectivity index (χ2n) is 18.0. The molecule has 0 bridgehead atoms. The van der Waals surface area contributed by atoms with E-state index >= 15 is 0 Å². The molecule has 3 aromatic carbocycles. The summed E-state index contributed by atoms with van der Waals surface area (Å²) in [5.74, 6) is -0.803. The average molecular weight is 819 g/mol. The van der Waals surface area contributed by atoms with Crippen LogP contribution < -0.4 is 16.0 Å². The summed E-state index contributed by atoms with van der Waals surface area (Å²) in [6.45, 7) is 14.6. The summed E-state index contributed by atoms with van der Waals surface area (Å²) in [7, 11) is 1.24. The largest absolute Gasteiger partial charge is 0.453 e. The van der Waals surface area contributed by atoms with Gasteiger partial charge in [0.05, 0.1) is 24.9 Å². The number of hydrogen-bond donors (Lipinski definition) is 4. The molecule has 60 heavy (non-hydrogen) atoms. The Bertz CT molecular complexity index is 2030. The highest BCUT2D eigenvalue weighted by molar-refractivity contribution is 5.89. The van der Waals surface area contributed by atoms with E-state index in [1.54, 1.807) is 9.80 Å². The molecule has 0 unspecified atom stereocenters. The summed E-state index contributed by atoms with van der Waals surface area (Å²) in [6, 6.07) is 27.8. The van der Waals surface area contributed by atoms with E-state index < -0.39 is 53.1 Å². The number of aryl methyl sites for hydroxylation is 1. The summed E-state index contributed by atoms with van der Waals surface area (Å²) in [5, 5.41) is 21.2. The van der Waals surface area contributed by atoms with E-state index in [2.05, 4.69) is 20.9 Å². The summed E-state index contributed by atoms with van der Waals surface area (Å²) >= 11 is 0. The lowest BCUT2D eigenvalue weighted by Crippen LogP contribution is -2.59. The zero-order chi connectivity index (χ0) is 43.6. The van der Waals surface area contributed by atoms with Crippen LogP contribution in [-0.2, 0) is 33.7 Å². The van der Waals surface area contributed by atoms with Crippen molar-refractivity contribution in [3.8, 4) is 11.3 Å². The minimum absolute atomic E-state index is 0.0631. The number of urea groups is 1. The molecule has 0 saturated carbocycles. The minimum Gasteiger partial charge on any atom is -0.453 e. The third kappa shape index (κ3) is 12.4. The van der Waals surface area contributed by atoms with E-state index in [4.69, 9.17) is 4.74 Å². The summed E-state index contributed by atoms with van der Waals surface area (Å²) in [6.07, 6.45) is 0.652. The fraction of sp³-hybridized carbons (Fsp3) is 0.438. The van der Waals surface area contributed by atoms with E-state index in [1.807, 2.05) is 152 Å². The van der Waals surface area contributed by atoms with Gasteiger partial charge in [0.15, 0.2) is 0 Å². The Labute approximate surface area is 355 Å². The van der Waals surface area contributed by atoms with E-state index in [1.165, 1.54) is 7.11 Å². The number of carbonyl (C=O) groups excluding carboxylic acids is 4. The molecule has 1 fully saturated rings. The lowest BCUT2D eigenvalue weighted by Gasteiger charge is -2.38. The molecule has 0 aliphatic carbocycles. The van der Waals surface area contributed by atoms with E-state index in [0.717, 1.165) is 33.5 Å². The Morgan fingerprint density at radius 2 is 1.37 bits per heavy atom. The number of aliphatic hydroxyl groups is 1. The van der Waals surface area contributed by atoms with Crippen molar-refractivity contribution in [1.29, 1.82) is 0 Å². The monoisotopic (exact) mass is 818 g/mol. The van der Waals surface area contributed by atoms with Gasteiger partial charge in [0.1, 0.15) is 12.1 Å². The van der Waals surface area contributed by atoms with Crippen LogP contribution in [0.3, 0.4) is 0 Å². The van der Waals surface area contributed by atoms with Crippen LogP contribution in [0.4, 0.5) is 9.59 Å². The van der Waals surface area contributed by atoms with Crippen LogP contribution >= 0.6 is 0 Å². The Morgan fingerprint density at radius 3 is 1.93 bits per heavy atom. The number of benzene rings is 3. The summed E-state index contributed by atoms with van der Waals surface area (Å²) in [5.41, 5.74) is 4.32. The van der Waals surface area contributed by atoms with Gasteiger partial charge in [-0.1, -0.05) is 133 Å². The van der Waals surface area contributed by atoms with Gasteiger partial charge in [0.2, 0.25) is 11.8 Å². The Kier molecular flexibility index (Phi) is 15.1. The number of rotatable bonds is 16. The number of ether oxygens (including phenoxy) is 1. The molecule has 12 nitrogen and oxygen atoms in total. The van der Waals surface area contributed by atoms with Crippen molar-refractivity contribution < 1.29 is 29.0 Å². The SMILES string of the molecule is COC(=O)N[C@H](C(=O)N[C@@H](Cc1ccc(-c2ccc(C)cn2)cc1)C[C@H](O)[C@H](Cc1ccccc1)NC(=O)[C@@H](N1CCN(Cc2ccccc2)C1=O)C(C)(C)C)C(C)(C)C. The number of carbonyl (C=O) groups is 4. The first kappa shape index (κ1) is 45.3. The molecule has 4 aromatic rings. The first-order chi connectivity index (χ1) is 28.4. The van der Waals surface area contributed by atoms with Crippen LogP contribution in [0.1, 0.15) is 70.2 Å². The van der Waals surface area contributed by atoms with Gasteiger partial charge in [-0.25, -0.2) is 9.59 Å². The normalized spacial score (nSPS) is 15.7. The number of aromatic nitrogens is 1. The quantitative estimate of drug-likeness (QED) is 0.0984. The lowest BCUT2D eigenvalue weighted by atomic mass is 9.84. The third-order valence-electron chi connectivity index (χ3n) is 10.9. The number of amides is 5. The van der Waals surface area contributed by atoms with E-state index in [9.17, 15) is 24.3 Å². The maximum Gasteiger partial charge on any atom is 0.407 e. The summed E-state index contributed by atoms with van der Waals surface area (Å²) < 4.78 is 4.85. The van der Waals surface area contributed by atoms with Crippen molar-refractivity contribution in [3.05, 3.63) is 126 Å². The molecule has 5 atom stereocenters. The number of hydrogen-bond acceptors (Lipinski definition) is 7. The molecule has 1 saturated heterocycles. The maximum absolute atomic E-state index is 14.6. The second-order valence-corrected chi connectivity index (χ2v) is 18.0. The molecular weight excluding hydrogens is 757 g/mol. The van der Waals surface area contributed by atoms with Crippen molar-refractivity contribution in [2.75, 3.05) is 20.2 Å². The first-order valence-corrected chi connectivity index (χ1v) is 20.7. The zero-order valence-corrected chi connectivity index (χ0v) is 36.3. The first-order valence-electron chi connectivity index (χ1n) is 20.7. The highest BCUT2D eigenvalue weighted by Crippen LogP contribution is 2.29. The number of methoxy groups -OCH3 is 1. The fourth-order valence-electron chi connectivity index (χ4n) is 7.73. The van der Waals surface area contributed by atoms with Gasteiger partial charge in [-0.05, 0) is 65.3 Å². The maximum atomic E-state index is 14.6. The van der Waals surface area contributed by atoms with Crippen molar-refractivity contribution in [2.45, 2.75) is 105 Å². The van der Waals surface area contributed by atoms with Gasteiger partial charge in [0, 0.05) is 37.4 Å². The topological polar surface area (TPSA) is 153 Å². The molecule has 0 radical (unpaired) electrons. The molecule has 12 heteroatoms. The predicted octanol–water partition coefficient (Wildman–Crippen LogP) is 6.69. The van der Waals surface area contributed by atoms with E-state index in [0.29, 0.717) is 32.5 Å². The molecule has 2 heterocycles. The molecule has 0 spiro atoms. The standard InChI is InChI=1S/C48H62N6O6/c1-32-19-24-38(49-30-32)36-22-20-34(21-23-36)27-37(50-43(56)41(47(2,3)4)52-45(58)60-8)29-40(55)39(28-33-15-11-9-12-16-33)51-44(57)42(48(5,6)7)54-26-25-53(46(54)59)31-35-17-13-10-14-18-35/h9-24,30,37,39-42,55H,25-29,31H2,1-8H3,(H,50,56)(H,51,57)(H,52,58)/t37-,39-,40-,41+,42+/m0/s1. The number of aliphatic hydroxyl groups excluding tert-OH is 1. The molecule has 1 aliphatic rings. The minimum atomic E-state index is -1.14. The van der Waals surface area contributed by atoms with Crippen LogP contribution in [0.15, 0.2) is 103 Å². The molecule has 5 amide bonds. The lowest BCUT2D eigenvalue weighted by molar-refractivity contribution is -0.131. The van der Waals surface area contributed by atoms with Crippen molar-refractivity contribution >= 4 is 23.9 Å². The van der Waals surface area contributed by atoms with Gasteiger partial charge in [-0.15, -0.1) is 0 Å². The highest BCUT2D eigenvalue weighted by Gasteiger charge is 2.44. The average Bonchev–Trinajstić information content (AvgIpc) is 3.54. The van der Waals surface area contributed by atoms with Crippen molar-refractivity contribution in [2.24, 2.45) is 10.8 Å². The molecule has 1 aliphatic heterocycles. The smallest absolute Gasteiger partial charge is 0.407 e. The fourth-order valence-corrected chi connectivity index (χ4v) is 7.73. The highest BCUT2D eigenvalue weighted by atomic mass is 16.5. The van der Waals surface area contributed by atoms with Gasteiger partial charge >= 0.3 is 12.1 Å². The Balaban J connectivity index is 1.42. The second kappa shape index (κ2) is 20.0. The Hall–Kier alpha value is -5.75. The van der Waals surface area contributed by atoms with Gasteiger partial charge in [0.25, 0.3) is 0 Å². The number of pyridine rings is 1. The van der Waals surface area contributed by atoms with Crippen molar-refractivity contribution in [1.82, 2.24) is 30.7 Å². The number of nitrogens with one attached hydrogen (secondary N) is 3. The molecule has 5 rings (SSSR count). The van der Waals surface area contributed by atoms with E-state index in [-0.39, 0.29) is 18.4 Å². The van der Waals surface area contributed by atoms with Gasteiger partial charge in [-0.2, -0.15) is 0 Å². The number of nitrogens with zero attached hydrogens (tertiary/aromatic N) is 3. The summed E-state index contributed by atoms with van der Waals surface area (Å²) in [4.78, 5) is 62.9. The molecule has 1 aromatic heterocycles. The molecule has 320 valence electrons. The Morgan fingerprint density at radius 1 is 0.750 bits per heavy atom. The van der Waals surface area contributed by atoms with Gasteiger partial charge < -0.3 is 35.6 Å². The third-order valence-corrected chi connectivity index (χ3v) is 10.9. The molecule has 4 N–H and O–H groups in total. The van der Waals surface area contributed by atoms with Crippen LogP contribution in [0.5, 0.6) is 0 Å². The van der Waals surface area contributed by atoms with Crippen LogP contribution in [0.25, 0.3) is 11.3 Å². The van der Waals surface area contributed by atoms with Crippen LogP contribution in [0.2, 0.25) is 0 Å². The van der Waals surface area contributed by atoms with Crippen LogP contribution in [-0.4, -0.2) is 94.3 Å². The van der Waals surface area contributed by atoms with Crippen LogP contribution in [0, 0.1) is 17.8 Å².